The molecule has 4 heterocycles. The van der Waals surface area contributed by atoms with Crippen molar-refractivity contribution < 1.29 is 13.2 Å². The second-order valence-electron chi connectivity index (χ2n) is 7.06. The molecule has 1 aliphatic rings. The van der Waals surface area contributed by atoms with Gasteiger partial charge in [-0.05, 0) is 42.1 Å². The summed E-state index contributed by atoms with van der Waals surface area (Å²) < 4.78 is 41.9. The Labute approximate surface area is 171 Å². The molecule has 12 heteroatoms. The molecule has 0 unspecified atom stereocenters. The van der Waals surface area contributed by atoms with Gasteiger partial charge < -0.3 is 4.98 Å². The van der Waals surface area contributed by atoms with Gasteiger partial charge in [0, 0.05) is 17.8 Å². The van der Waals surface area contributed by atoms with Gasteiger partial charge in [-0.1, -0.05) is 6.07 Å². The van der Waals surface area contributed by atoms with E-state index in [1.165, 1.54) is 21.6 Å². The SMILES string of the molecule is O=c1[nH]c2cnc(Cl)nc2n1Cc1ccc(-n2nc(C(F)(F)F)cc2C2CC2)nc1. The molecule has 154 valence electrons. The summed E-state index contributed by atoms with van der Waals surface area (Å²) in [7, 11) is 0. The minimum absolute atomic E-state index is 0.00970. The van der Waals surface area contributed by atoms with E-state index in [-0.39, 0.29) is 29.3 Å². The van der Waals surface area contributed by atoms with Gasteiger partial charge in [0.25, 0.3) is 0 Å². The van der Waals surface area contributed by atoms with Crippen molar-refractivity contribution >= 4 is 22.8 Å². The number of aromatic amines is 1. The van der Waals surface area contributed by atoms with Crippen molar-refractivity contribution in [3.8, 4) is 5.82 Å². The van der Waals surface area contributed by atoms with Crippen LogP contribution in [0.1, 0.15) is 35.7 Å². The average molecular weight is 436 g/mol. The van der Waals surface area contributed by atoms with Gasteiger partial charge >= 0.3 is 11.9 Å². The molecule has 5 rings (SSSR count). The maximum Gasteiger partial charge on any atom is 0.435 e. The van der Waals surface area contributed by atoms with Crippen LogP contribution in [0.5, 0.6) is 0 Å². The monoisotopic (exact) mass is 435 g/mol. The molecular weight excluding hydrogens is 423 g/mol. The Hall–Kier alpha value is -3.21. The van der Waals surface area contributed by atoms with Crippen LogP contribution in [0.25, 0.3) is 17.0 Å². The lowest BCUT2D eigenvalue weighted by Gasteiger charge is -2.08. The van der Waals surface area contributed by atoms with Gasteiger partial charge in [0.2, 0.25) is 5.28 Å². The highest BCUT2D eigenvalue weighted by Crippen LogP contribution is 2.42. The Morgan fingerprint density at radius 2 is 2.00 bits per heavy atom. The summed E-state index contributed by atoms with van der Waals surface area (Å²) in [6.07, 6.45) is 0.0483. The first kappa shape index (κ1) is 18.8. The van der Waals surface area contributed by atoms with Crippen LogP contribution in [0, 0.1) is 0 Å². The molecular formula is C18H13ClF3N7O. The highest BCUT2D eigenvalue weighted by Gasteiger charge is 2.38. The fourth-order valence-electron chi connectivity index (χ4n) is 3.28. The Morgan fingerprint density at radius 1 is 1.20 bits per heavy atom. The van der Waals surface area contributed by atoms with Crippen molar-refractivity contribution in [2.75, 3.05) is 0 Å². The van der Waals surface area contributed by atoms with E-state index in [1.807, 2.05) is 0 Å². The van der Waals surface area contributed by atoms with E-state index in [0.717, 1.165) is 18.9 Å². The third kappa shape index (κ3) is 3.34. The fraction of sp³-hybridized carbons (Fsp3) is 0.278. The van der Waals surface area contributed by atoms with Crippen LogP contribution in [0.3, 0.4) is 0 Å². The summed E-state index contributed by atoms with van der Waals surface area (Å²) in [6.45, 7) is 0.155. The van der Waals surface area contributed by atoms with Crippen LogP contribution in [0.15, 0.2) is 35.4 Å². The predicted octanol–water partition coefficient (Wildman–Crippen LogP) is 3.30. The first-order chi connectivity index (χ1) is 14.3. The maximum absolute atomic E-state index is 13.1. The normalized spacial score (nSPS) is 14.5. The minimum atomic E-state index is -4.52. The quantitative estimate of drug-likeness (QED) is 0.496. The molecule has 0 aromatic carbocycles. The maximum atomic E-state index is 13.1. The molecule has 0 radical (unpaired) electrons. The van der Waals surface area contributed by atoms with Gasteiger partial charge in [-0.2, -0.15) is 23.3 Å². The van der Waals surface area contributed by atoms with Gasteiger partial charge in [-0.25, -0.2) is 19.4 Å². The average Bonchev–Trinajstić information content (AvgIpc) is 3.37. The largest absolute Gasteiger partial charge is 0.435 e. The van der Waals surface area contributed by atoms with E-state index in [1.54, 1.807) is 12.1 Å². The van der Waals surface area contributed by atoms with E-state index in [0.29, 0.717) is 22.4 Å². The molecule has 0 atom stereocenters. The van der Waals surface area contributed by atoms with Gasteiger partial charge in [0.15, 0.2) is 17.2 Å². The lowest BCUT2D eigenvalue weighted by molar-refractivity contribution is -0.141. The van der Waals surface area contributed by atoms with Gasteiger partial charge in [-0.3, -0.25) is 4.57 Å². The summed E-state index contributed by atoms with van der Waals surface area (Å²) in [5.41, 5.74) is 0.636. The van der Waals surface area contributed by atoms with E-state index >= 15 is 0 Å². The zero-order valence-electron chi connectivity index (χ0n) is 15.2. The number of halogens is 4. The molecule has 4 aromatic rings. The number of fused-ring (bicyclic) bond motifs is 1. The molecule has 0 amide bonds. The summed E-state index contributed by atoms with van der Waals surface area (Å²) in [6, 6.07) is 4.35. The molecule has 4 aromatic heterocycles. The Morgan fingerprint density at radius 3 is 2.67 bits per heavy atom. The number of aromatic nitrogens is 7. The van der Waals surface area contributed by atoms with E-state index in [2.05, 4.69) is 25.0 Å². The molecule has 1 N–H and O–H groups in total. The minimum Gasteiger partial charge on any atom is -0.303 e. The number of pyridine rings is 1. The third-order valence-corrected chi connectivity index (χ3v) is 5.05. The first-order valence-electron chi connectivity index (χ1n) is 9.03. The molecule has 0 spiro atoms. The summed E-state index contributed by atoms with van der Waals surface area (Å²) in [4.78, 5) is 27.0. The van der Waals surface area contributed by atoms with E-state index in [4.69, 9.17) is 11.6 Å². The van der Waals surface area contributed by atoms with Crippen molar-refractivity contribution in [1.29, 1.82) is 0 Å². The van der Waals surface area contributed by atoms with Crippen LogP contribution in [-0.2, 0) is 12.7 Å². The van der Waals surface area contributed by atoms with Crippen LogP contribution >= 0.6 is 11.6 Å². The number of rotatable bonds is 4. The van der Waals surface area contributed by atoms with E-state index < -0.39 is 11.9 Å². The van der Waals surface area contributed by atoms with E-state index in [9.17, 15) is 18.0 Å². The summed E-state index contributed by atoms with van der Waals surface area (Å²) in [5.74, 6) is 0.345. The topological polar surface area (TPSA) is 94.3 Å². The Bertz CT molecular complexity index is 1300. The standard InChI is InChI=1S/C18H13ClF3N7O/c19-16-24-7-11-15(26-16)28(17(30)25-11)8-9-1-4-14(23-6-9)29-12(10-2-3-10)5-13(27-29)18(20,21)22/h1,4-7,10H,2-3,8H2,(H,25,30). The van der Waals surface area contributed by atoms with Gasteiger partial charge in [0.1, 0.15) is 5.52 Å². The highest BCUT2D eigenvalue weighted by atomic mass is 35.5. The van der Waals surface area contributed by atoms with Gasteiger partial charge in [0.05, 0.1) is 12.7 Å². The number of H-pyrrole nitrogens is 1. The van der Waals surface area contributed by atoms with Crippen molar-refractivity contribution in [3.05, 3.63) is 63.3 Å². The molecule has 1 fully saturated rings. The fourth-order valence-corrected chi connectivity index (χ4v) is 3.41. The van der Waals surface area contributed by atoms with Crippen LogP contribution < -0.4 is 5.69 Å². The predicted molar refractivity (Wildman–Crippen MR) is 101 cm³/mol. The lowest BCUT2D eigenvalue weighted by Crippen LogP contribution is -2.18. The number of imidazole rings is 1. The van der Waals surface area contributed by atoms with Crippen molar-refractivity contribution in [2.45, 2.75) is 31.5 Å². The number of nitrogens with zero attached hydrogens (tertiary/aromatic N) is 6. The van der Waals surface area contributed by atoms with Gasteiger partial charge in [-0.15, -0.1) is 0 Å². The molecule has 0 bridgehead atoms. The Kier molecular flexibility index (Phi) is 4.17. The number of nitrogens with one attached hydrogen (secondary N) is 1. The van der Waals surface area contributed by atoms with Crippen molar-refractivity contribution in [3.63, 3.8) is 0 Å². The van der Waals surface area contributed by atoms with Crippen molar-refractivity contribution in [2.24, 2.45) is 0 Å². The summed E-state index contributed by atoms with van der Waals surface area (Å²) in [5, 5.41) is 3.73. The molecule has 1 aliphatic carbocycles. The number of alkyl halides is 3. The third-order valence-electron chi connectivity index (χ3n) is 4.87. The van der Waals surface area contributed by atoms with Crippen molar-refractivity contribution in [1.82, 2.24) is 34.3 Å². The molecule has 8 nitrogen and oxygen atoms in total. The Balaban J connectivity index is 1.48. The lowest BCUT2D eigenvalue weighted by atomic mass is 10.2. The number of hydrogen-bond donors (Lipinski definition) is 1. The summed E-state index contributed by atoms with van der Waals surface area (Å²) >= 11 is 5.82. The second kappa shape index (κ2) is 6.66. The molecule has 30 heavy (non-hydrogen) atoms. The molecule has 0 saturated heterocycles. The smallest absolute Gasteiger partial charge is 0.303 e. The number of hydrogen-bond acceptors (Lipinski definition) is 5. The van der Waals surface area contributed by atoms with Crippen LogP contribution in [-0.4, -0.2) is 34.3 Å². The highest BCUT2D eigenvalue weighted by molar-refractivity contribution is 6.28. The molecule has 1 saturated carbocycles. The second-order valence-corrected chi connectivity index (χ2v) is 7.39. The van der Waals surface area contributed by atoms with Crippen LogP contribution in [0.2, 0.25) is 5.28 Å². The zero-order valence-corrected chi connectivity index (χ0v) is 15.9. The van der Waals surface area contributed by atoms with Crippen LogP contribution in [0.4, 0.5) is 13.2 Å². The zero-order chi connectivity index (χ0) is 21.0. The molecule has 0 aliphatic heterocycles. The first-order valence-corrected chi connectivity index (χ1v) is 9.41.